The van der Waals surface area contributed by atoms with Gasteiger partial charge in [0, 0.05) is 21.7 Å². The molecule has 5 heteroatoms. The normalized spacial score (nSPS) is 10.4. The number of carbonyl (C=O) groups excluding carboxylic acids is 1. The predicted octanol–water partition coefficient (Wildman–Crippen LogP) is 2.49. The highest BCUT2D eigenvalue weighted by Gasteiger charge is 2.14. The van der Waals surface area contributed by atoms with Crippen LogP contribution >= 0.6 is 15.9 Å². The van der Waals surface area contributed by atoms with Crippen molar-refractivity contribution in [3.8, 4) is 0 Å². The first-order valence-electron chi connectivity index (χ1n) is 4.63. The summed E-state index contributed by atoms with van der Waals surface area (Å²) in [6.07, 6.45) is 1.46. The summed E-state index contributed by atoms with van der Waals surface area (Å²) in [7, 11) is 1.34. The summed E-state index contributed by atoms with van der Waals surface area (Å²) in [6, 6.07) is 3.75. The van der Waals surface area contributed by atoms with Crippen LogP contribution in [0.25, 0.3) is 11.0 Å². The van der Waals surface area contributed by atoms with Crippen molar-refractivity contribution in [1.82, 2.24) is 9.97 Å². The summed E-state index contributed by atoms with van der Waals surface area (Å²) in [5.41, 5.74) is 1.90. The van der Waals surface area contributed by atoms with Crippen molar-refractivity contribution in [2.24, 2.45) is 0 Å². The van der Waals surface area contributed by atoms with Gasteiger partial charge in [0.25, 0.3) is 0 Å². The zero-order valence-corrected chi connectivity index (χ0v) is 10.4. The predicted molar refractivity (Wildman–Crippen MR) is 63.3 cm³/mol. The summed E-state index contributed by atoms with van der Waals surface area (Å²) in [5, 5.41) is 0.800. The Morgan fingerprint density at radius 2 is 2.19 bits per heavy atom. The average molecular weight is 281 g/mol. The van der Waals surface area contributed by atoms with Gasteiger partial charge in [0.05, 0.1) is 12.7 Å². The van der Waals surface area contributed by atoms with Crippen molar-refractivity contribution in [2.45, 2.75) is 6.92 Å². The average Bonchev–Trinajstić information content (AvgIpc) is 2.28. The molecule has 2 aromatic heterocycles. The van der Waals surface area contributed by atoms with Crippen molar-refractivity contribution < 1.29 is 9.53 Å². The fraction of sp³-hybridized carbons (Fsp3) is 0.182. The molecule has 0 unspecified atom stereocenters. The second-order valence-corrected chi connectivity index (χ2v) is 4.09. The Morgan fingerprint density at radius 3 is 2.88 bits per heavy atom. The third kappa shape index (κ3) is 1.78. The SMILES string of the molecule is COC(=O)c1cnc2nc(C)ccc2c1Br. The molecular weight excluding hydrogens is 272 g/mol. The van der Waals surface area contributed by atoms with Gasteiger partial charge in [0.2, 0.25) is 0 Å². The molecule has 2 rings (SSSR count). The summed E-state index contributed by atoms with van der Waals surface area (Å²) in [4.78, 5) is 19.8. The summed E-state index contributed by atoms with van der Waals surface area (Å²) < 4.78 is 5.32. The van der Waals surface area contributed by atoms with Crippen molar-refractivity contribution in [3.63, 3.8) is 0 Å². The number of nitrogens with zero attached hydrogens (tertiary/aromatic N) is 2. The van der Waals surface area contributed by atoms with E-state index in [2.05, 4.69) is 30.6 Å². The maximum Gasteiger partial charge on any atom is 0.340 e. The molecule has 0 aliphatic carbocycles. The minimum Gasteiger partial charge on any atom is -0.465 e. The topological polar surface area (TPSA) is 52.1 Å². The zero-order chi connectivity index (χ0) is 11.7. The van der Waals surface area contributed by atoms with Gasteiger partial charge in [0.15, 0.2) is 5.65 Å². The van der Waals surface area contributed by atoms with E-state index in [1.54, 1.807) is 0 Å². The maximum atomic E-state index is 11.4. The van der Waals surface area contributed by atoms with Crippen LogP contribution in [0.1, 0.15) is 16.1 Å². The van der Waals surface area contributed by atoms with E-state index < -0.39 is 5.97 Å². The van der Waals surface area contributed by atoms with E-state index in [0.29, 0.717) is 15.7 Å². The van der Waals surface area contributed by atoms with Gasteiger partial charge in [-0.2, -0.15) is 0 Å². The van der Waals surface area contributed by atoms with E-state index in [0.717, 1.165) is 11.1 Å². The lowest BCUT2D eigenvalue weighted by Crippen LogP contribution is -2.04. The van der Waals surface area contributed by atoms with E-state index in [1.807, 2.05) is 19.1 Å². The number of hydrogen-bond acceptors (Lipinski definition) is 4. The molecule has 16 heavy (non-hydrogen) atoms. The molecule has 0 aliphatic rings. The van der Waals surface area contributed by atoms with Gasteiger partial charge in [-0.05, 0) is 35.0 Å². The quantitative estimate of drug-likeness (QED) is 0.753. The monoisotopic (exact) mass is 280 g/mol. The van der Waals surface area contributed by atoms with Crippen molar-refractivity contribution in [3.05, 3.63) is 34.1 Å². The third-order valence-electron chi connectivity index (χ3n) is 2.21. The van der Waals surface area contributed by atoms with Crippen LogP contribution in [0.2, 0.25) is 0 Å². The maximum absolute atomic E-state index is 11.4. The van der Waals surface area contributed by atoms with Crippen LogP contribution in [-0.2, 0) is 4.74 Å². The van der Waals surface area contributed by atoms with Crippen LogP contribution in [0.15, 0.2) is 22.8 Å². The number of carbonyl (C=O) groups is 1. The molecule has 2 aromatic rings. The lowest BCUT2D eigenvalue weighted by Gasteiger charge is -2.05. The first kappa shape index (κ1) is 11.0. The number of ether oxygens (including phenoxy) is 1. The molecule has 0 amide bonds. The molecule has 82 valence electrons. The highest BCUT2D eigenvalue weighted by Crippen LogP contribution is 2.25. The molecule has 0 radical (unpaired) electrons. The highest BCUT2D eigenvalue weighted by molar-refractivity contribution is 9.10. The molecule has 0 N–H and O–H groups in total. The number of aromatic nitrogens is 2. The second-order valence-electron chi connectivity index (χ2n) is 3.30. The molecule has 0 aromatic carbocycles. The minimum absolute atomic E-state index is 0.403. The van der Waals surface area contributed by atoms with Crippen LogP contribution in [-0.4, -0.2) is 23.0 Å². The van der Waals surface area contributed by atoms with Crippen LogP contribution < -0.4 is 0 Å². The fourth-order valence-electron chi connectivity index (χ4n) is 1.39. The Labute approximate surface area is 101 Å². The number of esters is 1. The molecule has 0 bridgehead atoms. The Morgan fingerprint density at radius 1 is 1.44 bits per heavy atom. The van der Waals surface area contributed by atoms with Crippen LogP contribution in [0.3, 0.4) is 0 Å². The number of halogens is 1. The number of pyridine rings is 2. The third-order valence-corrected chi connectivity index (χ3v) is 3.06. The van der Waals surface area contributed by atoms with Crippen LogP contribution in [0.4, 0.5) is 0 Å². The van der Waals surface area contributed by atoms with Crippen molar-refractivity contribution in [2.75, 3.05) is 7.11 Å². The van der Waals surface area contributed by atoms with E-state index in [9.17, 15) is 4.79 Å². The molecule has 0 atom stereocenters. The smallest absolute Gasteiger partial charge is 0.340 e. The molecule has 0 saturated heterocycles. The molecule has 0 saturated carbocycles. The van der Waals surface area contributed by atoms with Crippen molar-refractivity contribution >= 4 is 32.9 Å². The van der Waals surface area contributed by atoms with Gasteiger partial charge in [-0.3, -0.25) is 0 Å². The lowest BCUT2D eigenvalue weighted by atomic mass is 10.2. The fourth-order valence-corrected chi connectivity index (χ4v) is 1.97. The van der Waals surface area contributed by atoms with Crippen molar-refractivity contribution in [1.29, 1.82) is 0 Å². The Kier molecular flexibility index (Phi) is 2.87. The highest BCUT2D eigenvalue weighted by atomic mass is 79.9. The first-order chi connectivity index (χ1) is 7.63. The molecule has 0 spiro atoms. The van der Waals surface area contributed by atoms with E-state index in [4.69, 9.17) is 0 Å². The zero-order valence-electron chi connectivity index (χ0n) is 8.82. The Balaban J connectivity index is 2.70. The summed E-state index contributed by atoms with van der Waals surface area (Å²) >= 11 is 3.37. The molecule has 0 aliphatic heterocycles. The summed E-state index contributed by atoms with van der Waals surface area (Å²) in [5.74, 6) is -0.415. The number of rotatable bonds is 1. The molecule has 2 heterocycles. The van der Waals surface area contributed by atoms with E-state index in [-0.39, 0.29) is 0 Å². The second kappa shape index (κ2) is 4.17. The van der Waals surface area contributed by atoms with E-state index >= 15 is 0 Å². The number of hydrogen-bond donors (Lipinski definition) is 0. The first-order valence-corrected chi connectivity index (χ1v) is 5.43. The molecule has 0 fully saturated rings. The molecular formula is C11H9BrN2O2. The Hall–Kier alpha value is -1.49. The summed E-state index contributed by atoms with van der Waals surface area (Å²) in [6.45, 7) is 1.89. The van der Waals surface area contributed by atoms with Gasteiger partial charge in [-0.1, -0.05) is 0 Å². The molecule has 4 nitrogen and oxygen atoms in total. The van der Waals surface area contributed by atoms with Gasteiger partial charge in [0.1, 0.15) is 0 Å². The number of aryl methyl sites for hydroxylation is 1. The van der Waals surface area contributed by atoms with Gasteiger partial charge < -0.3 is 4.74 Å². The number of methoxy groups -OCH3 is 1. The minimum atomic E-state index is -0.415. The standard InChI is InChI=1S/C11H9BrN2O2/c1-6-3-4-7-9(12)8(11(15)16-2)5-13-10(7)14-6/h3-5H,1-2H3. The largest absolute Gasteiger partial charge is 0.465 e. The Bertz CT molecular complexity index is 569. The van der Waals surface area contributed by atoms with Gasteiger partial charge in [-0.15, -0.1) is 0 Å². The van der Waals surface area contributed by atoms with Crippen LogP contribution in [0, 0.1) is 6.92 Å². The van der Waals surface area contributed by atoms with Gasteiger partial charge in [-0.25, -0.2) is 14.8 Å². The van der Waals surface area contributed by atoms with E-state index in [1.165, 1.54) is 13.3 Å². The lowest BCUT2D eigenvalue weighted by molar-refractivity contribution is 0.0599. The van der Waals surface area contributed by atoms with Crippen LogP contribution in [0.5, 0.6) is 0 Å². The van der Waals surface area contributed by atoms with Gasteiger partial charge >= 0.3 is 5.97 Å². The number of fused-ring (bicyclic) bond motifs is 1.